The van der Waals surface area contributed by atoms with Crippen LogP contribution in [0.1, 0.15) is 12.0 Å². The minimum Gasteiger partial charge on any atom is -0.497 e. The summed E-state index contributed by atoms with van der Waals surface area (Å²) in [7, 11) is 0.145. The molecule has 1 N–H and O–H groups in total. The van der Waals surface area contributed by atoms with Gasteiger partial charge in [0.25, 0.3) is 0 Å². The quantitative estimate of drug-likeness (QED) is 0.612. The summed E-state index contributed by atoms with van der Waals surface area (Å²) in [6.45, 7) is 0.927. The van der Waals surface area contributed by atoms with Gasteiger partial charge in [-0.25, -0.2) is 8.42 Å². The lowest BCUT2D eigenvalue weighted by Crippen LogP contribution is -2.42. The Hall–Kier alpha value is -2.29. The fraction of sp³-hybridized carbons (Fsp3) is 0.455. The molecule has 0 aliphatic carbocycles. The number of ether oxygens (including phenoxy) is 3. The fourth-order valence-corrected chi connectivity index (χ4v) is 5.38. The lowest BCUT2D eigenvalue weighted by atomic mass is 10.1. The molecule has 1 heterocycles. The van der Waals surface area contributed by atoms with E-state index in [0.717, 1.165) is 11.3 Å². The van der Waals surface area contributed by atoms with Crippen molar-refractivity contribution in [3.05, 3.63) is 54.1 Å². The summed E-state index contributed by atoms with van der Waals surface area (Å²) in [5, 5.41) is 10.6. The van der Waals surface area contributed by atoms with E-state index in [4.69, 9.17) is 14.2 Å². The number of aliphatic hydroxyl groups excluding tert-OH is 1. The minimum atomic E-state index is -3.03. The molecule has 2 aromatic carbocycles. The van der Waals surface area contributed by atoms with E-state index in [1.54, 1.807) is 26.4 Å². The van der Waals surface area contributed by atoms with Gasteiger partial charge in [0.15, 0.2) is 21.3 Å². The van der Waals surface area contributed by atoms with Crippen molar-refractivity contribution in [3.63, 3.8) is 0 Å². The molecule has 0 saturated carbocycles. The highest BCUT2D eigenvalue weighted by molar-refractivity contribution is 7.91. The number of methoxy groups -OCH3 is 2. The highest BCUT2D eigenvalue weighted by Gasteiger charge is 2.33. The minimum absolute atomic E-state index is 0.0823. The topological polar surface area (TPSA) is 85.3 Å². The first-order chi connectivity index (χ1) is 14.4. The second-order valence-corrected chi connectivity index (χ2v) is 9.68. The number of aliphatic hydroxyl groups is 1. The SMILES string of the molecule is COc1ccc(CN(CC(O)COc2ccccc2OC)C2CCS(=O)(=O)C2)cc1. The lowest BCUT2D eigenvalue weighted by molar-refractivity contribution is 0.0517. The van der Waals surface area contributed by atoms with Gasteiger partial charge in [0.05, 0.1) is 25.7 Å². The van der Waals surface area contributed by atoms with Gasteiger partial charge in [-0.05, 0) is 36.2 Å². The molecule has 0 bridgehead atoms. The standard InChI is InChI=1S/C22H29NO6S/c1-27-20-9-7-17(8-10-20)13-23(18-11-12-30(25,26)16-18)14-19(24)15-29-22-6-4-3-5-21(22)28-2/h3-10,18-19,24H,11-16H2,1-2H3. The number of sulfone groups is 1. The van der Waals surface area contributed by atoms with Crippen LogP contribution in [-0.2, 0) is 16.4 Å². The first kappa shape index (κ1) is 22.4. The highest BCUT2D eigenvalue weighted by atomic mass is 32.2. The molecule has 3 rings (SSSR count). The first-order valence-electron chi connectivity index (χ1n) is 9.91. The molecule has 2 atom stereocenters. The number of hydrogen-bond acceptors (Lipinski definition) is 7. The average molecular weight is 436 g/mol. The van der Waals surface area contributed by atoms with Gasteiger partial charge in [-0.2, -0.15) is 0 Å². The third kappa shape index (κ3) is 6.10. The Balaban J connectivity index is 1.66. The highest BCUT2D eigenvalue weighted by Crippen LogP contribution is 2.26. The zero-order valence-electron chi connectivity index (χ0n) is 17.4. The second kappa shape index (κ2) is 10.1. The molecule has 1 fully saturated rings. The van der Waals surface area contributed by atoms with E-state index in [0.29, 0.717) is 31.0 Å². The van der Waals surface area contributed by atoms with Crippen LogP contribution in [0.2, 0.25) is 0 Å². The van der Waals surface area contributed by atoms with Gasteiger partial charge < -0.3 is 19.3 Å². The summed E-state index contributed by atoms with van der Waals surface area (Å²) in [6.07, 6.45) is -0.213. The van der Waals surface area contributed by atoms with Crippen LogP contribution in [-0.4, -0.2) is 69.4 Å². The van der Waals surface area contributed by atoms with Gasteiger partial charge in [-0.3, -0.25) is 4.90 Å². The van der Waals surface area contributed by atoms with Crippen LogP contribution in [0.15, 0.2) is 48.5 Å². The monoisotopic (exact) mass is 435 g/mol. The van der Waals surface area contributed by atoms with Crippen LogP contribution in [0.25, 0.3) is 0 Å². The van der Waals surface area contributed by atoms with Crippen molar-refractivity contribution in [2.75, 3.05) is 38.9 Å². The Kier molecular flexibility index (Phi) is 7.58. The van der Waals surface area contributed by atoms with Crippen molar-refractivity contribution in [1.29, 1.82) is 0 Å². The van der Waals surface area contributed by atoms with Crippen LogP contribution in [0.4, 0.5) is 0 Å². The van der Waals surface area contributed by atoms with Crippen molar-refractivity contribution in [2.45, 2.75) is 25.1 Å². The number of hydrogen-bond donors (Lipinski definition) is 1. The summed E-state index contributed by atoms with van der Waals surface area (Å²) in [5.41, 5.74) is 1.03. The molecule has 30 heavy (non-hydrogen) atoms. The molecule has 2 unspecified atom stereocenters. The maximum atomic E-state index is 12.0. The number of benzene rings is 2. The van der Waals surface area contributed by atoms with Crippen molar-refractivity contribution in [3.8, 4) is 17.2 Å². The van der Waals surface area contributed by atoms with E-state index in [9.17, 15) is 13.5 Å². The zero-order chi connectivity index (χ0) is 21.6. The maximum Gasteiger partial charge on any atom is 0.161 e. The summed E-state index contributed by atoms with van der Waals surface area (Å²) in [5.74, 6) is 2.22. The van der Waals surface area contributed by atoms with Crippen LogP contribution in [0.3, 0.4) is 0 Å². The molecular formula is C22H29NO6S. The van der Waals surface area contributed by atoms with E-state index in [2.05, 4.69) is 0 Å². The van der Waals surface area contributed by atoms with E-state index in [-0.39, 0.29) is 24.2 Å². The molecule has 2 aromatic rings. The average Bonchev–Trinajstić information content (AvgIpc) is 3.12. The number of rotatable bonds is 10. The van der Waals surface area contributed by atoms with Gasteiger partial charge in [0, 0.05) is 19.1 Å². The van der Waals surface area contributed by atoms with Crippen molar-refractivity contribution >= 4 is 9.84 Å². The van der Waals surface area contributed by atoms with E-state index in [1.165, 1.54) is 0 Å². The Bertz CT molecular complexity index is 915. The molecule has 7 nitrogen and oxygen atoms in total. The molecule has 0 spiro atoms. The number of para-hydroxylation sites is 2. The maximum absolute atomic E-state index is 12.0. The van der Waals surface area contributed by atoms with Gasteiger partial charge >= 0.3 is 0 Å². The Morgan fingerprint density at radius 3 is 2.37 bits per heavy atom. The lowest BCUT2D eigenvalue weighted by Gasteiger charge is -2.30. The van der Waals surface area contributed by atoms with Crippen molar-refractivity contribution in [2.24, 2.45) is 0 Å². The van der Waals surface area contributed by atoms with Gasteiger partial charge in [0.1, 0.15) is 18.5 Å². The number of nitrogens with zero attached hydrogens (tertiary/aromatic N) is 1. The van der Waals surface area contributed by atoms with E-state index < -0.39 is 15.9 Å². The predicted octanol–water partition coefficient (Wildman–Crippen LogP) is 2.13. The van der Waals surface area contributed by atoms with E-state index in [1.807, 2.05) is 41.3 Å². The summed E-state index contributed by atoms with van der Waals surface area (Å²) in [4.78, 5) is 2.03. The van der Waals surface area contributed by atoms with Gasteiger partial charge in [-0.15, -0.1) is 0 Å². The molecule has 1 saturated heterocycles. The smallest absolute Gasteiger partial charge is 0.161 e. The Morgan fingerprint density at radius 2 is 1.77 bits per heavy atom. The molecule has 0 aromatic heterocycles. The Labute approximate surface area is 178 Å². The molecule has 1 aliphatic rings. The van der Waals surface area contributed by atoms with Crippen molar-refractivity contribution < 1.29 is 27.7 Å². The van der Waals surface area contributed by atoms with Crippen LogP contribution >= 0.6 is 0 Å². The molecule has 0 radical (unpaired) electrons. The first-order valence-corrected chi connectivity index (χ1v) is 11.7. The summed E-state index contributed by atoms with van der Waals surface area (Å²) < 4.78 is 40.2. The van der Waals surface area contributed by atoms with E-state index >= 15 is 0 Å². The Morgan fingerprint density at radius 1 is 1.07 bits per heavy atom. The largest absolute Gasteiger partial charge is 0.497 e. The normalized spacial score (nSPS) is 18.9. The molecule has 0 amide bonds. The molecule has 8 heteroatoms. The molecule has 1 aliphatic heterocycles. The fourth-order valence-electron chi connectivity index (χ4n) is 3.62. The van der Waals surface area contributed by atoms with Crippen molar-refractivity contribution in [1.82, 2.24) is 4.90 Å². The van der Waals surface area contributed by atoms with Gasteiger partial charge in [0.2, 0.25) is 0 Å². The third-order valence-electron chi connectivity index (χ3n) is 5.22. The summed E-state index contributed by atoms with van der Waals surface area (Å²) in [6, 6.07) is 14.8. The van der Waals surface area contributed by atoms with Gasteiger partial charge in [-0.1, -0.05) is 24.3 Å². The molecular weight excluding hydrogens is 406 g/mol. The second-order valence-electron chi connectivity index (χ2n) is 7.45. The summed E-state index contributed by atoms with van der Waals surface area (Å²) >= 11 is 0. The molecule has 164 valence electrons. The third-order valence-corrected chi connectivity index (χ3v) is 6.97. The van der Waals surface area contributed by atoms with Crippen LogP contribution in [0, 0.1) is 0 Å². The zero-order valence-corrected chi connectivity index (χ0v) is 18.2. The van der Waals surface area contributed by atoms with Crippen LogP contribution in [0.5, 0.6) is 17.2 Å². The predicted molar refractivity (Wildman–Crippen MR) is 115 cm³/mol. The van der Waals surface area contributed by atoms with Crippen LogP contribution < -0.4 is 14.2 Å².